The van der Waals surface area contributed by atoms with Crippen LogP contribution in [0.2, 0.25) is 5.02 Å². The smallest absolute Gasteiger partial charge is 0.328 e. The van der Waals surface area contributed by atoms with Crippen molar-refractivity contribution < 1.29 is 23.8 Å². The third-order valence-electron chi connectivity index (χ3n) is 3.09. The lowest BCUT2D eigenvalue weighted by molar-refractivity contribution is -0.158. The van der Waals surface area contributed by atoms with Gasteiger partial charge in [-0.2, -0.15) is 0 Å². The van der Waals surface area contributed by atoms with Crippen molar-refractivity contribution in [3.63, 3.8) is 0 Å². The quantitative estimate of drug-likeness (QED) is 0.915. The zero-order valence-electron chi connectivity index (χ0n) is 10.5. The fourth-order valence-electron chi connectivity index (χ4n) is 2.04. The van der Waals surface area contributed by atoms with Gasteiger partial charge in [-0.05, 0) is 17.7 Å². The van der Waals surface area contributed by atoms with Gasteiger partial charge in [-0.1, -0.05) is 17.7 Å². The molecule has 0 spiro atoms. The second-order valence-electron chi connectivity index (χ2n) is 4.43. The van der Waals surface area contributed by atoms with E-state index >= 15 is 0 Å². The van der Waals surface area contributed by atoms with E-state index in [1.54, 1.807) is 0 Å². The Morgan fingerprint density at radius 3 is 2.90 bits per heavy atom. The summed E-state index contributed by atoms with van der Waals surface area (Å²) < 4.78 is 18.0. The molecule has 1 saturated heterocycles. The van der Waals surface area contributed by atoms with Crippen LogP contribution in [0.15, 0.2) is 18.2 Å². The Hall–Kier alpha value is -1.66. The van der Waals surface area contributed by atoms with Crippen molar-refractivity contribution in [1.82, 2.24) is 4.90 Å². The molecular formula is C13H13ClFNO4. The second-order valence-corrected chi connectivity index (χ2v) is 4.84. The molecule has 1 fully saturated rings. The summed E-state index contributed by atoms with van der Waals surface area (Å²) in [5.74, 6) is -1.96. The van der Waals surface area contributed by atoms with E-state index in [2.05, 4.69) is 0 Å². The molecule has 7 heteroatoms. The monoisotopic (exact) mass is 301 g/mol. The summed E-state index contributed by atoms with van der Waals surface area (Å²) >= 11 is 5.86. The van der Waals surface area contributed by atoms with Gasteiger partial charge in [0.2, 0.25) is 5.91 Å². The van der Waals surface area contributed by atoms with Crippen molar-refractivity contribution in [3.05, 3.63) is 34.6 Å². The number of amides is 1. The fourth-order valence-corrected chi connectivity index (χ4v) is 2.27. The average Bonchev–Trinajstić information content (AvgIpc) is 2.41. The van der Waals surface area contributed by atoms with E-state index in [0.29, 0.717) is 12.2 Å². The predicted molar refractivity (Wildman–Crippen MR) is 69.1 cm³/mol. The highest BCUT2D eigenvalue weighted by Gasteiger charge is 2.32. The maximum absolute atomic E-state index is 12.9. The summed E-state index contributed by atoms with van der Waals surface area (Å²) in [6.45, 7) is 0.486. The van der Waals surface area contributed by atoms with Crippen LogP contribution in [0.1, 0.15) is 5.56 Å². The van der Waals surface area contributed by atoms with Gasteiger partial charge in [-0.15, -0.1) is 0 Å². The van der Waals surface area contributed by atoms with Crippen molar-refractivity contribution in [2.75, 3.05) is 19.8 Å². The molecular weight excluding hydrogens is 289 g/mol. The van der Waals surface area contributed by atoms with E-state index in [1.165, 1.54) is 17.0 Å². The number of ether oxygens (including phenoxy) is 1. The highest BCUT2D eigenvalue weighted by Crippen LogP contribution is 2.19. The first kappa shape index (κ1) is 14.7. The maximum atomic E-state index is 12.9. The van der Waals surface area contributed by atoms with Gasteiger partial charge in [-0.3, -0.25) is 4.79 Å². The van der Waals surface area contributed by atoms with Crippen molar-refractivity contribution in [3.8, 4) is 0 Å². The van der Waals surface area contributed by atoms with E-state index in [9.17, 15) is 14.0 Å². The molecule has 1 heterocycles. The molecule has 1 aliphatic rings. The Kier molecular flexibility index (Phi) is 4.57. The largest absolute Gasteiger partial charge is 0.480 e. The molecule has 1 amide bonds. The van der Waals surface area contributed by atoms with Gasteiger partial charge in [0.25, 0.3) is 0 Å². The van der Waals surface area contributed by atoms with E-state index < -0.39 is 17.8 Å². The summed E-state index contributed by atoms with van der Waals surface area (Å²) in [5, 5.41) is 9.22. The molecule has 0 bridgehead atoms. The molecule has 20 heavy (non-hydrogen) atoms. The first-order valence-corrected chi connectivity index (χ1v) is 6.41. The minimum Gasteiger partial charge on any atom is -0.480 e. The number of nitrogens with zero attached hydrogens (tertiary/aromatic N) is 1. The number of carboxylic acid groups (broad SMARTS) is 1. The van der Waals surface area contributed by atoms with E-state index in [4.69, 9.17) is 21.4 Å². The van der Waals surface area contributed by atoms with Gasteiger partial charge in [-0.25, -0.2) is 9.18 Å². The van der Waals surface area contributed by atoms with E-state index in [1.807, 2.05) is 0 Å². The van der Waals surface area contributed by atoms with Crippen LogP contribution < -0.4 is 0 Å². The summed E-state index contributed by atoms with van der Waals surface area (Å²) in [6, 6.07) is 2.77. The zero-order chi connectivity index (χ0) is 14.7. The number of carbonyl (C=O) groups is 2. The van der Waals surface area contributed by atoms with Crippen molar-refractivity contribution in [1.29, 1.82) is 0 Å². The number of carboxylic acids is 1. The Labute approximate surface area is 119 Å². The van der Waals surface area contributed by atoms with Crippen LogP contribution >= 0.6 is 11.6 Å². The number of hydrogen-bond donors (Lipinski definition) is 1. The van der Waals surface area contributed by atoms with Crippen LogP contribution in [0.5, 0.6) is 0 Å². The predicted octanol–water partition coefficient (Wildman–Crippen LogP) is 1.33. The maximum Gasteiger partial charge on any atom is 0.328 e. The Balaban J connectivity index is 2.12. The van der Waals surface area contributed by atoms with E-state index in [-0.39, 0.29) is 30.5 Å². The van der Waals surface area contributed by atoms with Gasteiger partial charge in [0, 0.05) is 11.6 Å². The lowest BCUT2D eigenvalue weighted by Crippen LogP contribution is -2.53. The average molecular weight is 302 g/mol. The van der Waals surface area contributed by atoms with Gasteiger partial charge >= 0.3 is 5.97 Å². The summed E-state index contributed by atoms with van der Waals surface area (Å²) in [4.78, 5) is 24.5. The number of morpholine rings is 1. The molecule has 1 unspecified atom stereocenters. The molecule has 0 aromatic heterocycles. The van der Waals surface area contributed by atoms with Crippen LogP contribution in [0.4, 0.5) is 4.39 Å². The fraction of sp³-hybridized carbons (Fsp3) is 0.385. The van der Waals surface area contributed by atoms with Crippen LogP contribution in [-0.2, 0) is 20.7 Å². The van der Waals surface area contributed by atoms with Gasteiger partial charge < -0.3 is 14.7 Å². The number of carbonyl (C=O) groups excluding carboxylic acids is 1. The molecule has 0 saturated carbocycles. The minimum atomic E-state index is -1.11. The summed E-state index contributed by atoms with van der Waals surface area (Å²) in [7, 11) is 0. The normalized spacial score (nSPS) is 18.9. The van der Waals surface area contributed by atoms with Gasteiger partial charge in [0.15, 0.2) is 6.04 Å². The number of halogens is 2. The van der Waals surface area contributed by atoms with Crippen molar-refractivity contribution in [2.45, 2.75) is 12.5 Å². The number of benzene rings is 1. The molecule has 0 radical (unpaired) electrons. The highest BCUT2D eigenvalue weighted by molar-refractivity contribution is 6.31. The molecule has 0 aliphatic carbocycles. The van der Waals surface area contributed by atoms with Crippen LogP contribution in [-0.4, -0.2) is 47.7 Å². The molecule has 1 aliphatic heterocycles. The third kappa shape index (κ3) is 3.26. The SMILES string of the molecule is O=C(O)C1COCCN1C(=O)Cc1ccc(F)cc1Cl. The Morgan fingerprint density at radius 1 is 1.50 bits per heavy atom. The topological polar surface area (TPSA) is 66.8 Å². The number of rotatable bonds is 3. The molecule has 2 rings (SSSR count). The highest BCUT2D eigenvalue weighted by atomic mass is 35.5. The van der Waals surface area contributed by atoms with Gasteiger partial charge in [0.1, 0.15) is 5.82 Å². The molecule has 1 atom stereocenters. The first-order valence-electron chi connectivity index (χ1n) is 6.03. The number of hydrogen-bond acceptors (Lipinski definition) is 3. The molecule has 1 aromatic carbocycles. The van der Waals surface area contributed by atoms with Crippen LogP contribution in [0.25, 0.3) is 0 Å². The molecule has 108 valence electrons. The zero-order valence-corrected chi connectivity index (χ0v) is 11.3. The third-order valence-corrected chi connectivity index (χ3v) is 3.44. The summed E-state index contributed by atoms with van der Waals surface area (Å²) in [5.41, 5.74) is 0.466. The van der Waals surface area contributed by atoms with Crippen molar-refractivity contribution >= 4 is 23.5 Å². The standard InChI is InChI=1S/C13H13ClFNO4/c14-10-6-9(15)2-1-8(10)5-12(17)16-3-4-20-7-11(16)13(18)19/h1-2,6,11H,3-5,7H2,(H,18,19). The molecule has 5 nitrogen and oxygen atoms in total. The molecule has 1 aromatic rings. The Morgan fingerprint density at radius 2 is 2.25 bits per heavy atom. The van der Waals surface area contributed by atoms with Gasteiger partial charge in [0.05, 0.1) is 19.6 Å². The second kappa shape index (κ2) is 6.19. The number of aliphatic carboxylic acids is 1. The lowest BCUT2D eigenvalue weighted by atomic mass is 10.1. The molecule has 1 N–H and O–H groups in total. The first-order chi connectivity index (χ1) is 9.49. The van der Waals surface area contributed by atoms with Crippen LogP contribution in [0, 0.1) is 5.82 Å². The van der Waals surface area contributed by atoms with Crippen molar-refractivity contribution in [2.24, 2.45) is 0 Å². The van der Waals surface area contributed by atoms with Crippen LogP contribution in [0.3, 0.4) is 0 Å². The minimum absolute atomic E-state index is 0.0295. The summed E-state index contributed by atoms with van der Waals surface area (Å²) in [6.07, 6.45) is -0.0666. The van der Waals surface area contributed by atoms with E-state index in [0.717, 1.165) is 6.07 Å². The lowest BCUT2D eigenvalue weighted by Gasteiger charge is -2.33. The Bertz CT molecular complexity index is 537.